The highest BCUT2D eigenvalue weighted by molar-refractivity contribution is 7.81. The van der Waals surface area contributed by atoms with Crippen LogP contribution in [0.2, 0.25) is 5.02 Å². The average Bonchev–Trinajstić information content (AvgIpc) is 2.24. The lowest BCUT2D eigenvalue weighted by molar-refractivity contribution is -0.139. The quantitative estimate of drug-likeness (QED) is 0.744. The van der Waals surface area contributed by atoms with E-state index in [4.69, 9.17) is 16.7 Å². The molecule has 2 N–H and O–H groups in total. The van der Waals surface area contributed by atoms with Crippen LogP contribution in [-0.2, 0) is 4.79 Å². The molecular formula is C12H14ClNO3S. The van der Waals surface area contributed by atoms with Gasteiger partial charge in [-0.25, -0.2) is 4.79 Å². The third kappa shape index (κ3) is 3.65. The molecule has 1 atom stereocenters. The number of halogens is 1. The predicted octanol–water partition coefficient (Wildman–Crippen LogP) is 2.23. The maximum atomic E-state index is 11.9. The van der Waals surface area contributed by atoms with E-state index >= 15 is 0 Å². The Morgan fingerprint density at radius 3 is 2.39 bits per heavy atom. The topological polar surface area (TPSA) is 66.4 Å². The molecule has 1 aromatic carbocycles. The van der Waals surface area contributed by atoms with E-state index < -0.39 is 22.7 Å². The zero-order valence-electron chi connectivity index (χ0n) is 9.98. The number of amides is 1. The van der Waals surface area contributed by atoms with Crippen molar-refractivity contribution in [3.05, 3.63) is 34.9 Å². The van der Waals surface area contributed by atoms with Crippen LogP contribution in [-0.4, -0.2) is 27.8 Å². The molecule has 18 heavy (non-hydrogen) atoms. The van der Waals surface area contributed by atoms with Crippen molar-refractivity contribution in [3.8, 4) is 0 Å². The Balaban J connectivity index is 2.93. The van der Waals surface area contributed by atoms with E-state index in [-0.39, 0.29) is 10.6 Å². The van der Waals surface area contributed by atoms with Crippen molar-refractivity contribution in [1.29, 1.82) is 0 Å². The van der Waals surface area contributed by atoms with Crippen LogP contribution < -0.4 is 5.32 Å². The number of carbonyl (C=O) groups excluding carboxylic acids is 1. The molecular weight excluding hydrogens is 274 g/mol. The summed E-state index contributed by atoms with van der Waals surface area (Å²) in [7, 11) is 0. The third-order valence-electron chi connectivity index (χ3n) is 2.35. The van der Waals surface area contributed by atoms with Crippen molar-refractivity contribution in [1.82, 2.24) is 5.32 Å². The number of carboxylic acid groups (broad SMARTS) is 1. The van der Waals surface area contributed by atoms with Crippen LogP contribution in [0.1, 0.15) is 24.2 Å². The van der Waals surface area contributed by atoms with Gasteiger partial charge in [-0.3, -0.25) is 4.79 Å². The van der Waals surface area contributed by atoms with Gasteiger partial charge in [0.05, 0.1) is 10.6 Å². The molecule has 98 valence electrons. The minimum absolute atomic E-state index is 0.239. The van der Waals surface area contributed by atoms with Crippen LogP contribution in [0, 0.1) is 0 Å². The number of rotatable bonds is 4. The number of benzene rings is 1. The minimum Gasteiger partial charge on any atom is -0.480 e. The molecule has 0 aliphatic carbocycles. The lowest BCUT2D eigenvalue weighted by Crippen LogP contribution is -2.51. The van der Waals surface area contributed by atoms with Crippen molar-refractivity contribution in [2.24, 2.45) is 0 Å². The zero-order chi connectivity index (χ0) is 13.9. The molecule has 0 saturated heterocycles. The Labute approximate surface area is 116 Å². The summed E-state index contributed by atoms with van der Waals surface area (Å²) in [6, 6.07) is 5.34. The number of hydrogen-bond acceptors (Lipinski definition) is 3. The van der Waals surface area contributed by atoms with Crippen molar-refractivity contribution in [3.63, 3.8) is 0 Å². The first-order valence-electron chi connectivity index (χ1n) is 5.24. The van der Waals surface area contributed by atoms with Crippen LogP contribution in [0.25, 0.3) is 0 Å². The van der Waals surface area contributed by atoms with Gasteiger partial charge in [0.15, 0.2) is 0 Å². The maximum absolute atomic E-state index is 11.9. The van der Waals surface area contributed by atoms with Gasteiger partial charge in [0.2, 0.25) is 0 Å². The van der Waals surface area contributed by atoms with Gasteiger partial charge in [-0.15, -0.1) is 0 Å². The molecule has 1 aromatic rings. The van der Waals surface area contributed by atoms with Gasteiger partial charge in [-0.05, 0) is 26.0 Å². The van der Waals surface area contributed by atoms with Crippen molar-refractivity contribution >= 4 is 36.1 Å². The first-order valence-corrected chi connectivity index (χ1v) is 6.06. The van der Waals surface area contributed by atoms with Crippen molar-refractivity contribution in [2.45, 2.75) is 24.6 Å². The predicted molar refractivity (Wildman–Crippen MR) is 73.4 cm³/mol. The highest BCUT2D eigenvalue weighted by atomic mass is 35.5. The van der Waals surface area contributed by atoms with E-state index in [1.807, 2.05) is 0 Å². The Bertz CT molecular complexity index is 471. The normalized spacial score (nSPS) is 12.9. The smallest absolute Gasteiger partial charge is 0.327 e. The molecule has 0 aliphatic rings. The average molecular weight is 288 g/mol. The van der Waals surface area contributed by atoms with E-state index in [1.54, 1.807) is 32.0 Å². The summed E-state index contributed by atoms with van der Waals surface area (Å²) < 4.78 is -0.886. The molecule has 1 rings (SSSR count). The molecule has 6 heteroatoms. The fourth-order valence-electron chi connectivity index (χ4n) is 1.39. The fourth-order valence-corrected chi connectivity index (χ4v) is 1.79. The second-order valence-corrected chi connectivity index (χ2v) is 5.94. The van der Waals surface area contributed by atoms with Crippen LogP contribution in [0.15, 0.2) is 24.3 Å². The van der Waals surface area contributed by atoms with Crippen LogP contribution in [0.3, 0.4) is 0 Å². The van der Waals surface area contributed by atoms with Gasteiger partial charge < -0.3 is 10.4 Å². The second kappa shape index (κ2) is 5.63. The van der Waals surface area contributed by atoms with E-state index in [0.717, 1.165) is 0 Å². The van der Waals surface area contributed by atoms with Gasteiger partial charge in [0, 0.05) is 4.75 Å². The third-order valence-corrected chi connectivity index (χ3v) is 2.94. The summed E-state index contributed by atoms with van der Waals surface area (Å²) in [5.41, 5.74) is 0.239. The Morgan fingerprint density at radius 1 is 1.39 bits per heavy atom. The maximum Gasteiger partial charge on any atom is 0.327 e. The van der Waals surface area contributed by atoms with Crippen molar-refractivity contribution < 1.29 is 14.7 Å². The number of nitrogens with one attached hydrogen (secondary N) is 1. The van der Waals surface area contributed by atoms with Crippen LogP contribution in [0.5, 0.6) is 0 Å². The summed E-state index contributed by atoms with van der Waals surface area (Å²) >= 11 is 10.0. The molecule has 0 aromatic heterocycles. The van der Waals surface area contributed by atoms with Crippen LogP contribution in [0.4, 0.5) is 0 Å². The Hall–Kier alpha value is -1.20. The highest BCUT2D eigenvalue weighted by Gasteiger charge is 2.34. The lowest BCUT2D eigenvalue weighted by atomic mass is 10.0. The van der Waals surface area contributed by atoms with Gasteiger partial charge in [-0.2, -0.15) is 12.6 Å². The second-order valence-electron chi connectivity index (χ2n) is 4.38. The number of thiol groups is 1. The summed E-state index contributed by atoms with van der Waals surface area (Å²) in [5, 5.41) is 11.8. The summed E-state index contributed by atoms with van der Waals surface area (Å²) in [4.78, 5) is 23.0. The molecule has 0 saturated carbocycles. The van der Waals surface area contributed by atoms with E-state index in [0.29, 0.717) is 0 Å². The van der Waals surface area contributed by atoms with Gasteiger partial charge in [-0.1, -0.05) is 23.7 Å². The van der Waals surface area contributed by atoms with E-state index in [2.05, 4.69) is 17.9 Å². The zero-order valence-corrected chi connectivity index (χ0v) is 11.6. The van der Waals surface area contributed by atoms with Crippen LogP contribution >= 0.6 is 24.2 Å². The lowest BCUT2D eigenvalue weighted by Gasteiger charge is -2.26. The van der Waals surface area contributed by atoms with E-state index in [1.165, 1.54) is 6.07 Å². The molecule has 4 nitrogen and oxygen atoms in total. The number of carboxylic acids is 1. The SMILES string of the molecule is CC(C)(S)C(NC(=O)c1ccccc1Cl)C(=O)O. The molecule has 0 radical (unpaired) electrons. The van der Waals surface area contributed by atoms with E-state index in [9.17, 15) is 9.59 Å². The van der Waals surface area contributed by atoms with Gasteiger partial charge in [0.1, 0.15) is 6.04 Å². The monoisotopic (exact) mass is 287 g/mol. The molecule has 0 aliphatic heterocycles. The van der Waals surface area contributed by atoms with Gasteiger partial charge in [0.25, 0.3) is 5.91 Å². The summed E-state index contributed by atoms with van der Waals surface area (Å²) in [5.74, 6) is -1.68. The number of hydrogen-bond donors (Lipinski definition) is 3. The standard InChI is InChI=1S/C12H14ClNO3S/c1-12(2,18)9(11(16)17)14-10(15)7-5-3-4-6-8(7)13/h3-6,9,18H,1-2H3,(H,14,15)(H,16,17). The molecule has 1 unspecified atom stereocenters. The Morgan fingerprint density at radius 2 is 1.94 bits per heavy atom. The van der Waals surface area contributed by atoms with Gasteiger partial charge >= 0.3 is 5.97 Å². The fraction of sp³-hybridized carbons (Fsp3) is 0.333. The minimum atomic E-state index is -1.14. The largest absolute Gasteiger partial charge is 0.480 e. The number of aliphatic carboxylic acids is 1. The Kier molecular flexibility index (Phi) is 4.65. The van der Waals surface area contributed by atoms with Crippen molar-refractivity contribution in [2.75, 3.05) is 0 Å². The summed E-state index contributed by atoms with van der Waals surface area (Å²) in [6.07, 6.45) is 0. The molecule has 0 heterocycles. The number of carbonyl (C=O) groups is 2. The first-order chi connectivity index (χ1) is 8.23. The summed E-state index contributed by atoms with van der Waals surface area (Å²) in [6.45, 7) is 3.23. The molecule has 0 fully saturated rings. The first kappa shape index (κ1) is 14.9. The highest BCUT2D eigenvalue weighted by Crippen LogP contribution is 2.20. The molecule has 1 amide bonds. The molecule has 0 spiro atoms. The molecule has 0 bridgehead atoms.